The van der Waals surface area contributed by atoms with Gasteiger partial charge in [0, 0.05) is 25.5 Å². The lowest BCUT2D eigenvalue weighted by molar-refractivity contribution is 0.0860. The Labute approximate surface area is 142 Å². The van der Waals surface area contributed by atoms with E-state index in [9.17, 15) is 4.79 Å². The predicted octanol–water partition coefficient (Wildman–Crippen LogP) is 2.30. The molecule has 0 saturated carbocycles. The molecule has 1 aromatic heterocycles. The standard InChI is InChI=1S/C18H24N4O2/c1-14(17-4-2-11-24-17)21-18(23)19-12-15-5-7-16(8-6-15)13-22-10-3-9-20-22/h3,5-10,14,17H,2,4,11-13H2,1H3,(H2,19,21,23)/t14-,17+/m1/s1. The quantitative estimate of drug-likeness (QED) is 0.855. The highest BCUT2D eigenvalue weighted by molar-refractivity contribution is 5.74. The Hall–Kier alpha value is -2.34. The van der Waals surface area contributed by atoms with Crippen molar-refractivity contribution < 1.29 is 9.53 Å². The molecule has 24 heavy (non-hydrogen) atoms. The molecule has 2 aromatic rings. The average Bonchev–Trinajstić information content (AvgIpc) is 3.28. The van der Waals surface area contributed by atoms with Gasteiger partial charge in [-0.2, -0.15) is 5.10 Å². The van der Waals surface area contributed by atoms with Gasteiger partial charge in [-0.1, -0.05) is 24.3 Å². The van der Waals surface area contributed by atoms with Crippen LogP contribution in [-0.4, -0.2) is 34.6 Å². The molecule has 0 bridgehead atoms. The number of hydrogen-bond donors (Lipinski definition) is 2. The van der Waals surface area contributed by atoms with Crippen LogP contribution in [-0.2, 0) is 17.8 Å². The van der Waals surface area contributed by atoms with Crippen LogP contribution in [0.2, 0.25) is 0 Å². The number of carbonyl (C=O) groups excluding carboxylic acids is 1. The van der Waals surface area contributed by atoms with Crippen LogP contribution >= 0.6 is 0 Å². The SMILES string of the molecule is C[C@@H](NC(=O)NCc1ccc(Cn2cccn2)cc1)[C@@H]1CCCO1. The number of benzene rings is 1. The Morgan fingerprint density at radius 2 is 2.17 bits per heavy atom. The minimum atomic E-state index is -0.154. The van der Waals surface area contributed by atoms with Crippen molar-refractivity contribution in [1.82, 2.24) is 20.4 Å². The Kier molecular flexibility index (Phi) is 5.48. The van der Waals surface area contributed by atoms with Crippen molar-refractivity contribution in [2.45, 2.75) is 45.0 Å². The van der Waals surface area contributed by atoms with Crippen molar-refractivity contribution in [2.24, 2.45) is 0 Å². The normalized spacial score (nSPS) is 18.3. The lowest BCUT2D eigenvalue weighted by Crippen LogP contribution is -2.45. The molecule has 6 nitrogen and oxygen atoms in total. The fourth-order valence-corrected chi connectivity index (χ4v) is 2.87. The maximum absolute atomic E-state index is 12.0. The lowest BCUT2D eigenvalue weighted by atomic mass is 10.1. The van der Waals surface area contributed by atoms with Crippen LogP contribution in [0.25, 0.3) is 0 Å². The number of nitrogens with one attached hydrogen (secondary N) is 2. The summed E-state index contributed by atoms with van der Waals surface area (Å²) in [6.45, 7) is 4.04. The monoisotopic (exact) mass is 328 g/mol. The second kappa shape index (κ2) is 7.97. The molecule has 2 atom stereocenters. The van der Waals surface area contributed by atoms with Gasteiger partial charge in [-0.15, -0.1) is 0 Å². The first-order valence-corrected chi connectivity index (χ1v) is 8.42. The highest BCUT2D eigenvalue weighted by Crippen LogP contribution is 2.15. The third-order valence-electron chi connectivity index (χ3n) is 4.26. The Morgan fingerprint density at radius 3 is 2.83 bits per heavy atom. The van der Waals surface area contributed by atoms with E-state index in [1.54, 1.807) is 6.20 Å². The number of aromatic nitrogens is 2. The fraction of sp³-hybridized carbons (Fsp3) is 0.444. The molecule has 2 heterocycles. The minimum Gasteiger partial charge on any atom is -0.376 e. The topological polar surface area (TPSA) is 68.2 Å². The molecule has 2 N–H and O–H groups in total. The van der Waals surface area contributed by atoms with Gasteiger partial charge < -0.3 is 15.4 Å². The van der Waals surface area contributed by atoms with Crippen LogP contribution in [0.5, 0.6) is 0 Å². The molecule has 0 unspecified atom stereocenters. The van der Waals surface area contributed by atoms with Crippen molar-refractivity contribution in [3.05, 3.63) is 53.9 Å². The van der Waals surface area contributed by atoms with Gasteiger partial charge in [0.2, 0.25) is 0 Å². The maximum Gasteiger partial charge on any atom is 0.315 e. The van der Waals surface area contributed by atoms with Gasteiger partial charge in [0.15, 0.2) is 0 Å². The van der Waals surface area contributed by atoms with Crippen LogP contribution in [0.1, 0.15) is 30.9 Å². The summed E-state index contributed by atoms with van der Waals surface area (Å²) in [6.07, 6.45) is 5.93. The van der Waals surface area contributed by atoms with Crippen molar-refractivity contribution in [1.29, 1.82) is 0 Å². The van der Waals surface area contributed by atoms with Gasteiger partial charge >= 0.3 is 6.03 Å². The van der Waals surface area contributed by atoms with Gasteiger partial charge in [-0.3, -0.25) is 4.68 Å². The summed E-state index contributed by atoms with van der Waals surface area (Å²) in [6, 6.07) is 9.97. The molecule has 3 rings (SSSR count). The van der Waals surface area contributed by atoms with E-state index in [-0.39, 0.29) is 18.2 Å². The first-order chi connectivity index (χ1) is 11.7. The number of amides is 2. The number of hydrogen-bond acceptors (Lipinski definition) is 3. The zero-order chi connectivity index (χ0) is 16.8. The van der Waals surface area contributed by atoms with E-state index in [2.05, 4.69) is 27.9 Å². The van der Waals surface area contributed by atoms with Crippen molar-refractivity contribution in [3.63, 3.8) is 0 Å². The molecule has 1 aromatic carbocycles. The zero-order valence-electron chi connectivity index (χ0n) is 13.9. The van der Waals surface area contributed by atoms with E-state index in [0.29, 0.717) is 6.54 Å². The molecule has 0 radical (unpaired) electrons. The summed E-state index contributed by atoms with van der Waals surface area (Å²) in [5, 5.41) is 10.0. The van der Waals surface area contributed by atoms with Crippen molar-refractivity contribution in [3.8, 4) is 0 Å². The molecular weight excluding hydrogens is 304 g/mol. The lowest BCUT2D eigenvalue weighted by Gasteiger charge is -2.20. The summed E-state index contributed by atoms with van der Waals surface area (Å²) in [7, 11) is 0. The van der Waals surface area contributed by atoms with Crippen LogP contribution in [0.4, 0.5) is 4.79 Å². The van der Waals surface area contributed by atoms with Gasteiger partial charge in [0.1, 0.15) is 0 Å². The highest BCUT2D eigenvalue weighted by atomic mass is 16.5. The largest absolute Gasteiger partial charge is 0.376 e. The molecule has 1 saturated heterocycles. The first kappa shape index (κ1) is 16.5. The fourth-order valence-electron chi connectivity index (χ4n) is 2.87. The molecule has 1 aliphatic heterocycles. The molecule has 2 amide bonds. The van der Waals surface area contributed by atoms with Gasteiger partial charge in [0.05, 0.1) is 18.7 Å². The molecule has 0 spiro atoms. The summed E-state index contributed by atoms with van der Waals surface area (Å²) in [5.74, 6) is 0. The van der Waals surface area contributed by atoms with Gasteiger partial charge in [0.25, 0.3) is 0 Å². The average molecular weight is 328 g/mol. The number of rotatable bonds is 6. The van der Waals surface area contributed by atoms with E-state index >= 15 is 0 Å². The molecule has 1 fully saturated rings. The Balaban J connectivity index is 1.43. The summed E-state index contributed by atoms with van der Waals surface area (Å²) < 4.78 is 7.47. The predicted molar refractivity (Wildman–Crippen MR) is 91.6 cm³/mol. The zero-order valence-corrected chi connectivity index (χ0v) is 13.9. The summed E-state index contributed by atoms with van der Waals surface area (Å²) in [4.78, 5) is 12.0. The smallest absolute Gasteiger partial charge is 0.315 e. The van der Waals surface area contributed by atoms with E-state index < -0.39 is 0 Å². The van der Waals surface area contributed by atoms with Crippen LogP contribution < -0.4 is 10.6 Å². The van der Waals surface area contributed by atoms with E-state index in [4.69, 9.17) is 4.74 Å². The number of nitrogens with zero attached hydrogens (tertiary/aromatic N) is 2. The van der Waals surface area contributed by atoms with Crippen LogP contribution in [0, 0.1) is 0 Å². The molecule has 128 valence electrons. The van der Waals surface area contributed by atoms with E-state index in [1.165, 1.54) is 5.56 Å². The second-order valence-corrected chi connectivity index (χ2v) is 6.19. The van der Waals surface area contributed by atoms with Crippen molar-refractivity contribution >= 4 is 6.03 Å². The summed E-state index contributed by atoms with van der Waals surface area (Å²) in [5.41, 5.74) is 2.25. The maximum atomic E-state index is 12.0. The molecule has 1 aliphatic rings. The molecule has 0 aliphatic carbocycles. The third-order valence-corrected chi connectivity index (χ3v) is 4.26. The van der Waals surface area contributed by atoms with Crippen molar-refractivity contribution in [2.75, 3.05) is 6.61 Å². The van der Waals surface area contributed by atoms with Crippen LogP contribution in [0.3, 0.4) is 0 Å². The Bertz CT molecular complexity index is 634. The minimum absolute atomic E-state index is 0.0314. The second-order valence-electron chi connectivity index (χ2n) is 6.19. The van der Waals surface area contributed by atoms with Gasteiger partial charge in [-0.25, -0.2) is 4.79 Å². The Morgan fingerprint density at radius 1 is 1.38 bits per heavy atom. The molecular formula is C18H24N4O2. The van der Waals surface area contributed by atoms with E-state index in [1.807, 2.05) is 36.0 Å². The van der Waals surface area contributed by atoms with E-state index in [0.717, 1.165) is 31.6 Å². The number of carbonyl (C=O) groups is 1. The van der Waals surface area contributed by atoms with Crippen LogP contribution in [0.15, 0.2) is 42.7 Å². The summed E-state index contributed by atoms with van der Waals surface area (Å²) >= 11 is 0. The number of urea groups is 1. The highest BCUT2D eigenvalue weighted by Gasteiger charge is 2.23. The van der Waals surface area contributed by atoms with Gasteiger partial charge in [-0.05, 0) is 37.0 Å². The third kappa shape index (κ3) is 4.58. The molecule has 6 heteroatoms. The first-order valence-electron chi connectivity index (χ1n) is 8.42. The number of ether oxygens (including phenoxy) is 1.